The first-order valence-electron chi connectivity index (χ1n) is 6.05. The third-order valence-electron chi connectivity index (χ3n) is 2.91. The molecule has 1 aromatic carbocycles. The first-order chi connectivity index (χ1) is 8.91. The summed E-state index contributed by atoms with van der Waals surface area (Å²) in [6.45, 7) is 4.51. The molecule has 5 nitrogen and oxygen atoms in total. The van der Waals surface area contributed by atoms with E-state index >= 15 is 0 Å². The van der Waals surface area contributed by atoms with E-state index in [1.165, 1.54) is 0 Å². The van der Waals surface area contributed by atoms with Gasteiger partial charge in [-0.3, -0.25) is 4.79 Å². The van der Waals surface area contributed by atoms with Crippen molar-refractivity contribution in [3.63, 3.8) is 0 Å². The van der Waals surface area contributed by atoms with Gasteiger partial charge in [-0.15, -0.1) is 0 Å². The zero-order valence-electron chi connectivity index (χ0n) is 11.1. The summed E-state index contributed by atoms with van der Waals surface area (Å²) in [4.78, 5) is 15.2. The van der Waals surface area contributed by atoms with Crippen LogP contribution in [-0.4, -0.2) is 30.0 Å². The molecule has 0 saturated heterocycles. The molecule has 3 N–H and O–H groups in total. The van der Waals surface area contributed by atoms with Crippen molar-refractivity contribution in [1.29, 1.82) is 5.41 Å². The number of hydrogen-bond acceptors (Lipinski definition) is 5. The van der Waals surface area contributed by atoms with E-state index in [0.29, 0.717) is 47.7 Å². The average Bonchev–Trinajstić information content (AvgIpc) is 2.69. The van der Waals surface area contributed by atoms with Crippen molar-refractivity contribution in [3.05, 3.63) is 29.3 Å². The second-order valence-electron chi connectivity index (χ2n) is 5.22. The van der Waals surface area contributed by atoms with Crippen LogP contribution in [0.4, 0.5) is 5.69 Å². The number of aliphatic imine (C=N–C) groups is 1. The molecule has 1 aliphatic heterocycles. The maximum Gasteiger partial charge on any atom is 0.190 e. The number of carbonyl (C=O) groups is 1. The summed E-state index contributed by atoms with van der Waals surface area (Å²) in [5.41, 5.74) is 7.27. The Morgan fingerprint density at radius 1 is 1.58 bits per heavy atom. The van der Waals surface area contributed by atoms with Gasteiger partial charge in [-0.2, -0.15) is 0 Å². The molecular formula is C14H17N3O2. The van der Waals surface area contributed by atoms with Crippen LogP contribution in [0.1, 0.15) is 36.2 Å². The predicted molar refractivity (Wildman–Crippen MR) is 75.2 cm³/mol. The third-order valence-corrected chi connectivity index (χ3v) is 2.91. The fourth-order valence-corrected chi connectivity index (χ4v) is 1.87. The fraction of sp³-hybridized carbons (Fsp3) is 0.357. The first-order valence-corrected chi connectivity index (χ1v) is 6.05. The van der Waals surface area contributed by atoms with Crippen LogP contribution < -0.4 is 5.73 Å². The van der Waals surface area contributed by atoms with Crippen LogP contribution in [0.2, 0.25) is 0 Å². The number of hydrogen-bond donors (Lipinski definition) is 2. The predicted octanol–water partition coefficient (Wildman–Crippen LogP) is 2.05. The van der Waals surface area contributed by atoms with Gasteiger partial charge in [0.15, 0.2) is 12.2 Å². The summed E-state index contributed by atoms with van der Waals surface area (Å²) < 4.78 is 5.46. The SMILES string of the molecule is CC1(C)COC(CC(=N)c2ccc(N)c(C=O)c2)=N1. The smallest absolute Gasteiger partial charge is 0.190 e. The van der Waals surface area contributed by atoms with E-state index in [1.807, 2.05) is 13.8 Å². The first kappa shape index (κ1) is 13.3. The number of nitrogens with one attached hydrogen (secondary N) is 1. The molecular weight excluding hydrogens is 242 g/mol. The van der Waals surface area contributed by atoms with Gasteiger partial charge in [0.1, 0.15) is 6.61 Å². The van der Waals surface area contributed by atoms with Crippen molar-refractivity contribution in [3.8, 4) is 0 Å². The van der Waals surface area contributed by atoms with Gasteiger partial charge in [-0.05, 0) is 31.5 Å². The third kappa shape index (κ3) is 2.99. The second-order valence-corrected chi connectivity index (χ2v) is 5.22. The van der Waals surface area contributed by atoms with Crippen molar-refractivity contribution in [2.24, 2.45) is 4.99 Å². The number of ether oxygens (including phenoxy) is 1. The van der Waals surface area contributed by atoms with Crippen molar-refractivity contribution in [1.82, 2.24) is 0 Å². The Labute approximate surface area is 112 Å². The highest BCUT2D eigenvalue weighted by Crippen LogP contribution is 2.20. The van der Waals surface area contributed by atoms with E-state index in [0.717, 1.165) is 0 Å². The highest BCUT2D eigenvalue weighted by atomic mass is 16.5. The molecule has 0 saturated carbocycles. The summed E-state index contributed by atoms with van der Waals surface area (Å²) in [5.74, 6) is 0.569. The lowest BCUT2D eigenvalue weighted by Crippen LogP contribution is -2.17. The topological polar surface area (TPSA) is 88.5 Å². The molecule has 1 aromatic rings. The minimum absolute atomic E-state index is 0.218. The molecule has 0 atom stereocenters. The molecule has 0 radical (unpaired) electrons. The molecule has 0 aromatic heterocycles. The lowest BCUT2D eigenvalue weighted by Gasteiger charge is -2.07. The van der Waals surface area contributed by atoms with Gasteiger partial charge in [0.2, 0.25) is 0 Å². The molecule has 5 heteroatoms. The molecule has 19 heavy (non-hydrogen) atoms. The summed E-state index contributed by atoms with van der Waals surface area (Å²) in [7, 11) is 0. The minimum Gasteiger partial charge on any atom is -0.478 e. The van der Waals surface area contributed by atoms with Gasteiger partial charge in [0.25, 0.3) is 0 Å². The number of benzene rings is 1. The van der Waals surface area contributed by atoms with Gasteiger partial charge in [-0.25, -0.2) is 4.99 Å². The van der Waals surface area contributed by atoms with Gasteiger partial charge < -0.3 is 15.9 Å². The highest BCUT2D eigenvalue weighted by Gasteiger charge is 2.26. The number of rotatable bonds is 4. The van der Waals surface area contributed by atoms with Gasteiger partial charge in [0.05, 0.1) is 12.0 Å². The Morgan fingerprint density at radius 2 is 2.32 bits per heavy atom. The molecule has 0 aliphatic carbocycles. The Balaban J connectivity index is 2.15. The van der Waals surface area contributed by atoms with Crippen LogP contribution >= 0.6 is 0 Å². The van der Waals surface area contributed by atoms with E-state index < -0.39 is 0 Å². The Morgan fingerprint density at radius 3 is 2.89 bits per heavy atom. The Hall–Kier alpha value is -2.17. The molecule has 2 rings (SSSR count). The lowest BCUT2D eigenvalue weighted by atomic mass is 10.0. The maximum absolute atomic E-state index is 10.8. The summed E-state index contributed by atoms with van der Waals surface area (Å²) in [6.07, 6.45) is 1.02. The van der Waals surface area contributed by atoms with Crippen LogP contribution in [0.5, 0.6) is 0 Å². The number of nitrogens with zero attached hydrogens (tertiary/aromatic N) is 1. The molecule has 0 bridgehead atoms. The number of nitrogens with two attached hydrogens (primary N) is 1. The van der Waals surface area contributed by atoms with Gasteiger partial charge in [0, 0.05) is 17.0 Å². The zero-order chi connectivity index (χ0) is 14.0. The molecule has 1 aliphatic rings. The summed E-state index contributed by atoms with van der Waals surface area (Å²) in [5, 5.41) is 8.05. The van der Waals surface area contributed by atoms with E-state index in [9.17, 15) is 4.79 Å². The lowest BCUT2D eigenvalue weighted by molar-refractivity contribution is 0.112. The molecule has 0 spiro atoms. The van der Waals surface area contributed by atoms with Crippen molar-refractivity contribution in [2.45, 2.75) is 25.8 Å². The van der Waals surface area contributed by atoms with Crippen molar-refractivity contribution >= 4 is 23.6 Å². The summed E-state index contributed by atoms with van der Waals surface area (Å²) >= 11 is 0. The Kier molecular flexibility index (Phi) is 3.38. The largest absolute Gasteiger partial charge is 0.478 e. The standard InChI is InChI=1S/C14H17N3O2/c1-14(2)8-19-13(17-14)6-12(16)9-3-4-11(15)10(5-9)7-18/h3-5,7,16H,6,8,15H2,1-2H3. The van der Waals surface area contributed by atoms with E-state index in [2.05, 4.69) is 4.99 Å². The van der Waals surface area contributed by atoms with Crippen molar-refractivity contribution < 1.29 is 9.53 Å². The van der Waals surface area contributed by atoms with Crippen LogP contribution in [0.25, 0.3) is 0 Å². The van der Waals surface area contributed by atoms with Crippen LogP contribution in [0.15, 0.2) is 23.2 Å². The van der Waals surface area contributed by atoms with Gasteiger partial charge >= 0.3 is 0 Å². The number of anilines is 1. The van der Waals surface area contributed by atoms with Crippen molar-refractivity contribution in [2.75, 3.05) is 12.3 Å². The van der Waals surface area contributed by atoms with E-state index in [-0.39, 0.29) is 5.54 Å². The second kappa shape index (κ2) is 4.84. The Bertz CT molecular complexity index is 562. The quantitative estimate of drug-likeness (QED) is 0.492. The average molecular weight is 259 g/mol. The molecule has 1 heterocycles. The number of carbonyl (C=O) groups excluding carboxylic acids is 1. The number of aldehydes is 1. The van der Waals surface area contributed by atoms with Gasteiger partial charge in [-0.1, -0.05) is 6.07 Å². The highest BCUT2D eigenvalue weighted by molar-refractivity contribution is 6.10. The van der Waals surface area contributed by atoms with Crippen LogP contribution in [0.3, 0.4) is 0 Å². The molecule has 100 valence electrons. The zero-order valence-corrected chi connectivity index (χ0v) is 11.1. The van der Waals surface area contributed by atoms with E-state index in [1.54, 1.807) is 18.2 Å². The monoisotopic (exact) mass is 259 g/mol. The molecule has 0 amide bonds. The molecule has 0 unspecified atom stereocenters. The molecule has 0 fully saturated rings. The maximum atomic E-state index is 10.8. The van der Waals surface area contributed by atoms with E-state index in [4.69, 9.17) is 15.9 Å². The van der Waals surface area contributed by atoms with Crippen LogP contribution in [-0.2, 0) is 4.74 Å². The fourth-order valence-electron chi connectivity index (χ4n) is 1.87. The van der Waals surface area contributed by atoms with Crippen LogP contribution in [0, 0.1) is 5.41 Å². The normalized spacial score (nSPS) is 16.6. The number of nitrogen functional groups attached to an aromatic ring is 1. The minimum atomic E-state index is -0.218. The summed E-state index contributed by atoms with van der Waals surface area (Å²) in [6, 6.07) is 4.98.